The van der Waals surface area contributed by atoms with Gasteiger partial charge in [-0.15, -0.1) is 0 Å². The van der Waals surface area contributed by atoms with E-state index in [1.54, 1.807) is 0 Å². The van der Waals surface area contributed by atoms with Crippen molar-refractivity contribution in [2.45, 2.75) is 57.5 Å². The normalized spacial score (nSPS) is 22.0. The lowest BCUT2D eigenvalue weighted by atomic mass is 9.86. The first-order valence-electron chi connectivity index (χ1n) is 9.45. The molecule has 0 saturated heterocycles. The highest BCUT2D eigenvalue weighted by atomic mass is 16.6. The Morgan fingerprint density at radius 3 is 2.63 bits per heavy atom. The molecule has 1 aromatic carbocycles. The number of benzene rings is 1. The highest BCUT2D eigenvalue weighted by molar-refractivity contribution is 5.93. The first kappa shape index (κ1) is 19.1. The number of nitrogens with one attached hydrogen (secondary N) is 2. The molecule has 146 valence electrons. The van der Waals surface area contributed by atoms with E-state index < -0.39 is 17.5 Å². The molecule has 0 bridgehead atoms. The lowest BCUT2D eigenvalue weighted by Gasteiger charge is -2.29. The molecule has 0 aliphatic heterocycles. The minimum Gasteiger partial charge on any atom is -0.452 e. The fourth-order valence-corrected chi connectivity index (χ4v) is 3.37. The van der Waals surface area contributed by atoms with Crippen molar-refractivity contribution < 1.29 is 19.2 Å². The maximum atomic E-state index is 12.2. The molecule has 1 amide bonds. The van der Waals surface area contributed by atoms with E-state index in [2.05, 4.69) is 17.6 Å². The number of nitro groups is 1. The molecule has 2 N–H and O–H groups in total. The van der Waals surface area contributed by atoms with E-state index in [4.69, 9.17) is 4.74 Å². The molecule has 0 radical (unpaired) electrons. The smallest absolute Gasteiger partial charge is 0.338 e. The Hall–Kier alpha value is -2.64. The summed E-state index contributed by atoms with van der Waals surface area (Å²) in [7, 11) is 0. The molecule has 0 spiro atoms. The molecular formula is C19H25N3O5. The van der Waals surface area contributed by atoms with Crippen molar-refractivity contribution in [3.8, 4) is 0 Å². The molecule has 2 aliphatic rings. The van der Waals surface area contributed by atoms with Crippen molar-refractivity contribution >= 4 is 23.3 Å². The van der Waals surface area contributed by atoms with Crippen LogP contribution in [-0.4, -0.2) is 35.5 Å². The zero-order chi connectivity index (χ0) is 19.4. The molecule has 3 rings (SSSR count). The average molecular weight is 375 g/mol. The molecule has 0 heterocycles. The van der Waals surface area contributed by atoms with Crippen molar-refractivity contribution in [1.82, 2.24) is 5.32 Å². The predicted molar refractivity (Wildman–Crippen MR) is 99.6 cm³/mol. The van der Waals surface area contributed by atoms with Gasteiger partial charge in [-0.1, -0.05) is 19.8 Å². The van der Waals surface area contributed by atoms with Crippen LogP contribution in [0, 0.1) is 16.0 Å². The van der Waals surface area contributed by atoms with Crippen molar-refractivity contribution in [2.24, 2.45) is 5.92 Å². The van der Waals surface area contributed by atoms with Gasteiger partial charge in [-0.25, -0.2) is 4.79 Å². The minimum absolute atomic E-state index is 0.0573. The van der Waals surface area contributed by atoms with Gasteiger partial charge in [0.25, 0.3) is 11.6 Å². The molecular weight excluding hydrogens is 350 g/mol. The quantitative estimate of drug-likeness (QED) is 0.430. The Morgan fingerprint density at radius 2 is 1.96 bits per heavy atom. The van der Waals surface area contributed by atoms with E-state index >= 15 is 0 Å². The number of nitro benzene ring substituents is 1. The van der Waals surface area contributed by atoms with Gasteiger partial charge in [0.15, 0.2) is 6.61 Å². The second kappa shape index (κ2) is 8.37. The molecule has 2 fully saturated rings. The number of esters is 1. The molecule has 2 atom stereocenters. The molecule has 0 aromatic heterocycles. The minimum atomic E-state index is -0.747. The monoisotopic (exact) mass is 375 g/mol. The van der Waals surface area contributed by atoms with E-state index in [-0.39, 0.29) is 29.2 Å². The largest absolute Gasteiger partial charge is 0.452 e. The topological polar surface area (TPSA) is 111 Å². The lowest BCUT2D eigenvalue weighted by molar-refractivity contribution is -0.384. The Balaban J connectivity index is 1.56. The number of hydrogen-bond donors (Lipinski definition) is 2. The summed E-state index contributed by atoms with van der Waals surface area (Å²) in [4.78, 5) is 35.0. The Morgan fingerprint density at radius 1 is 1.22 bits per heavy atom. The summed E-state index contributed by atoms with van der Waals surface area (Å²) >= 11 is 0. The van der Waals surface area contributed by atoms with Gasteiger partial charge in [0.1, 0.15) is 5.69 Å². The van der Waals surface area contributed by atoms with E-state index in [1.165, 1.54) is 24.6 Å². The van der Waals surface area contributed by atoms with Crippen LogP contribution in [0.3, 0.4) is 0 Å². The Bertz CT molecular complexity index is 732. The standard InChI is InChI=1S/C19H25N3O5/c1-12-4-2-3-5-15(12)21-18(23)11-27-19(24)13-6-9-16(20-14-7-8-14)17(10-13)22(25)26/h6,9-10,12,14-15,20H,2-5,7-8,11H2,1H3,(H,21,23)/t12-,15+/m1/s1. The van der Waals surface area contributed by atoms with Crippen LogP contribution in [0.4, 0.5) is 11.4 Å². The fourth-order valence-electron chi connectivity index (χ4n) is 3.37. The number of nitrogens with zero attached hydrogens (tertiary/aromatic N) is 1. The van der Waals surface area contributed by atoms with E-state index in [1.807, 2.05) is 0 Å². The first-order chi connectivity index (χ1) is 12.9. The third-order valence-corrected chi connectivity index (χ3v) is 5.16. The van der Waals surface area contributed by atoms with Crippen molar-refractivity contribution in [3.05, 3.63) is 33.9 Å². The average Bonchev–Trinajstić information content (AvgIpc) is 3.46. The van der Waals surface area contributed by atoms with Crippen LogP contribution >= 0.6 is 0 Å². The molecule has 27 heavy (non-hydrogen) atoms. The summed E-state index contributed by atoms with van der Waals surface area (Å²) in [5.41, 5.74) is 0.279. The number of anilines is 1. The Labute approximate surface area is 157 Å². The van der Waals surface area contributed by atoms with Gasteiger partial charge >= 0.3 is 5.97 Å². The fraction of sp³-hybridized carbons (Fsp3) is 0.579. The summed E-state index contributed by atoms with van der Waals surface area (Å²) < 4.78 is 5.04. The van der Waals surface area contributed by atoms with Crippen LogP contribution in [0.25, 0.3) is 0 Å². The number of amides is 1. The van der Waals surface area contributed by atoms with Crippen LogP contribution in [0.2, 0.25) is 0 Å². The molecule has 1 aromatic rings. The van der Waals surface area contributed by atoms with Gasteiger partial charge in [-0.3, -0.25) is 14.9 Å². The highest BCUT2D eigenvalue weighted by Crippen LogP contribution is 2.31. The van der Waals surface area contributed by atoms with Crippen LogP contribution in [0.1, 0.15) is 55.8 Å². The van der Waals surface area contributed by atoms with Crippen molar-refractivity contribution in [3.63, 3.8) is 0 Å². The summed E-state index contributed by atoms with van der Waals surface area (Å²) in [6.45, 7) is 1.71. The van der Waals surface area contributed by atoms with Crippen LogP contribution < -0.4 is 10.6 Å². The lowest BCUT2D eigenvalue weighted by Crippen LogP contribution is -2.42. The van der Waals surface area contributed by atoms with Crippen molar-refractivity contribution in [2.75, 3.05) is 11.9 Å². The summed E-state index contributed by atoms with van der Waals surface area (Å²) in [6, 6.07) is 4.54. The Kier molecular flexibility index (Phi) is 5.93. The SMILES string of the molecule is C[C@@H]1CCCC[C@@H]1NC(=O)COC(=O)c1ccc(NC2CC2)c([N+](=O)[O-])c1. The number of hydrogen-bond acceptors (Lipinski definition) is 6. The zero-order valence-corrected chi connectivity index (χ0v) is 15.4. The van der Waals surface area contributed by atoms with Gasteiger partial charge in [0.2, 0.25) is 0 Å². The summed E-state index contributed by atoms with van der Waals surface area (Å²) in [5, 5.41) is 17.2. The number of ether oxygens (including phenoxy) is 1. The summed E-state index contributed by atoms with van der Waals surface area (Å²) in [6.07, 6.45) is 6.23. The number of carbonyl (C=O) groups is 2. The van der Waals surface area contributed by atoms with E-state index in [0.29, 0.717) is 11.6 Å². The third kappa shape index (κ3) is 5.18. The second-order valence-electron chi connectivity index (χ2n) is 7.42. The van der Waals surface area contributed by atoms with E-state index in [0.717, 1.165) is 32.1 Å². The maximum Gasteiger partial charge on any atom is 0.338 e. The molecule has 2 aliphatic carbocycles. The van der Waals surface area contributed by atoms with E-state index in [9.17, 15) is 19.7 Å². The van der Waals surface area contributed by atoms with Crippen LogP contribution in [-0.2, 0) is 9.53 Å². The summed E-state index contributed by atoms with van der Waals surface area (Å²) in [5.74, 6) is -0.681. The number of rotatable bonds is 7. The highest BCUT2D eigenvalue weighted by Gasteiger charge is 2.26. The van der Waals surface area contributed by atoms with Gasteiger partial charge in [-0.2, -0.15) is 0 Å². The van der Waals surface area contributed by atoms with Gasteiger partial charge in [0.05, 0.1) is 10.5 Å². The van der Waals surface area contributed by atoms with Crippen LogP contribution in [0.15, 0.2) is 18.2 Å². The van der Waals surface area contributed by atoms with Gasteiger partial charge in [-0.05, 0) is 43.7 Å². The molecule has 2 saturated carbocycles. The second-order valence-corrected chi connectivity index (χ2v) is 7.42. The van der Waals surface area contributed by atoms with Crippen molar-refractivity contribution in [1.29, 1.82) is 0 Å². The number of carbonyl (C=O) groups excluding carboxylic acids is 2. The van der Waals surface area contributed by atoms with Gasteiger partial charge < -0.3 is 15.4 Å². The van der Waals surface area contributed by atoms with Gasteiger partial charge in [0, 0.05) is 18.2 Å². The molecule has 8 nitrogen and oxygen atoms in total. The third-order valence-electron chi connectivity index (χ3n) is 5.16. The predicted octanol–water partition coefficient (Wildman–Crippen LogP) is 3.02. The molecule has 0 unspecified atom stereocenters. The maximum absolute atomic E-state index is 12.2. The van der Waals surface area contributed by atoms with Crippen LogP contribution in [0.5, 0.6) is 0 Å². The first-order valence-corrected chi connectivity index (χ1v) is 9.45. The molecule has 8 heteroatoms. The zero-order valence-electron chi connectivity index (χ0n) is 15.4.